The number of nitrogens with one attached hydrogen (secondary N) is 1. The number of nitrogens with two attached hydrogens (primary N) is 1. The molecule has 4 nitrogen and oxygen atoms in total. The summed E-state index contributed by atoms with van der Waals surface area (Å²) in [5, 5.41) is 3.75. The lowest BCUT2D eigenvalue weighted by Crippen LogP contribution is -2.24. The minimum absolute atomic E-state index is 0.658. The molecule has 0 saturated carbocycles. The molecule has 2 amide bonds. The Balaban J connectivity index is 2.98. The molecule has 15 heavy (non-hydrogen) atoms. The minimum atomic E-state index is -0.658. The highest BCUT2D eigenvalue weighted by Crippen LogP contribution is 2.15. The van der Waals surface area contributed by atoms with Gasteiger partial charge in [-0.1, -0.05) is 12.1 Å². The van der Waals surface area contributed by atoms with Gasteiger partial charge in [0.25, 0.3) is 0 Å². The average Bonchev–Trinajstić information content (AvgIpc) is 2.17. The standard InChI is InChI=1S/C11H15N3O/c1-7-4-5-8(2)10(9(7)3)6-13-14-11(12)15/h4-6H,1-3H3,(H3,12,14,15). The number of primary amides is 1. The van der Waals surface area contributed by atoms with Crippen molar-refractivity contribution in [2.24, 2.45) is 10.8 Å². The largest absolute Gasteiger partial charge is 0.350 e. The first-order chi connectivity index (χ1) is 7.02. The average molecular weight is 205 g/mol. The summed E-state index contributed by atoms with van der Waals surface area (Å²) in [6.07, 6.45) is 1.61. The fourth-order valence-corrected chi connectivity index (χ4v) is 1.33. The topological polar surface area (TPSA) is 67.5 Å². The van der Waals surface area contributed by atoms with E-state index in [0.29, 0.717) is 0 Å². The maximum Gasteiger partial charge on any atom is 0.332 e. The molecule has 4 heteroatoms. The molecule has 0 aliphatic heterocycles. The van der Waals surface area contributed by atoms with Gasteiger partial charge in [0.1, 0.15) is 0 Å². The number of nitrogens with zero attached hydrogens (tertiary/aromatic N) is 1. The van der Waals surface area contributed by atoms with Crippen LogP contribution in [0.4, 0.5) is 4.79 Å². The van der Waals surface area contributed by atoms with Crippen LogP contribution >= 0.6 is 0 Å². The smallest absolute Gasteiger partial charge is 0.332 e. The van der Waals surface area contributed by atoms with E-state index in [0.717, 1.165) is 16.7 Å². The number of amides is 2. The molecule has 0 aromatic heterocycles. The van der Waals surface area contributed by atoms with Gasteiger partial charge >= 0.3 is 6.03 Å². The third-order valence-electron chi connectivity index (χ3n) is 2.37. The molecule has 0 saturated heterocycles. The van der Waals surface area contributed by atoms with E-state index in [1.54, 1.807) is 6.21 Å². The van der Waals surface area contributed by atoms with Crippen molar-refractivity contribution in [2.45, 2.75) is 20.8 Å². The lowest BCUT2D eigenvalue weighted by molar-refractivity contribution is 0.249. The van der Waals surface area contributed by atoms with Gasteiger partial charge in [-0.25, -0.2) is 10.2 Å². The zero-order valence-electron chi connectivity index (χ0n) is 9.16. The van der Waals surface area contributed by atoms with Crippen molar-refractivity contribution in [2.75, 3.05) is 0 Å². The van der Waals surface area contributed by atoms with Crippen molar-refractivity contribution >= 4 is 12.2 Å². The number of benzene rings is 1. The maximum atomic E-state index is 10.4. The third-order valence-corrected chi connectivity index (χ3v) is 2.37. The lowest BCUT2D eigenvalue weighted by Gasteiger charge is -2.07. The normalized spacial score (nSPS) is 10.6. The summed E-state index contributed by atoms with van der Waals surface area (Å²) in [5.41, 5.74) is 11.6. The summed E-state index contributed by atoms with van der Waals surface area (Å²) in [4.78, 5) is 10.4. The molecule has 3 N–H and O–H groups in total. The second-order valence-electron chi connectivity index (χ2n) is 3.47. The van der Waals surface area contributed by atoms with Gasteiger partial charge < -0.3 is 5.73 Å². The van der Waals surface area contributed by atoms with Gasteiger partial charge in [0.15, 0.2) is 0 Å². The van der Waals surface area contributed by atoms with E-state index in [9.17, 15) is 4.79 Å². The van der Waals surface area contributed by atoms with Crippen LogP contribution in [0.2, 0.25) is 0 Å². The Bertz CT molecular complexity index is 411. The Hall–Kier alpha value is -1.84. The van der Waals surface area contributed by atoms with Gasteiger partial charge in [0.05, 0.1) is 6.21 Å². The molecule has 1 aromatic rings. The Morgan fingerprint density at radius 2 is 1.93 bits per heavy atom. The van der Waals surface area contributed by atoms with Crippen LogP contribution in [0.3, 0.4) is 0 Å². The molecule has 1 rings (SSSR count). The Morgan fingerprint density at radius 3 is 2.53 bits per heavy atom. The van der Waals surface area contributed by atoms with E-state index in [1.165, 1.54) is 5.56 Å². The minimum Gasteiger partial charge on any atom is -0.350 e. The van der Waals surface area contributed by atoms with Crippen LogP contribution in [0.25, 0.3) is 0 Å². The summed E-state index contributed by atoms with van der Waals surface area (Å²) in [5.74, 6) is 0. The molecule has 0 unspecified atom stereocenters. The number of hydrogen-bond acceptors (Lipinski definition) is 2. The molecule has 0 fully saturated rings. The molecule has 80 valence electrons. The highest BCUT2D eigenvalue weighted by molar-refractivity contribution is 5.85. The van der Waals surface area contributed by atoms with Crippen LogP contribution < -0.4 is 11.2 Å². The van der Waals surface area contributed by atoms with E-state index >= 15 is 0 Å². The van der Waals surface area contributed by atoms with Crippen molar-refractivity contribution < 1.29 is 4.79 Å². The molecule has 0 radical (unpaired) electrons. The van der Waals surface area contributed by atoms with Gasteiger partial charge in [0, 0.05) is 5.56 Å². The quantitative estimate of drug-likeness (QED) is 0.559. The fraction of sp³-hybridized carbons (Fsp3) is 0.273. The van der Waals surface area contributed by atoms with Crippen LogP contribution in [-0.2, 0) is 0 Å². The molecule has 0 aliphatic rings. The number of aryl methyl sites for hydroxylation is 2. The first-order valence-electron chi connectivity index (χ1n) is 4.67. The first-order valence-corrected chi connectivity index (χ1v) is 4.67. The molecule has 0 spiro atoms. The van der Waals surface area contributed by atoms with Gasteiger partial charge in [-0.15, -0.1) is 0 Å². The first kappa shape index (κ1) is 11.2. The summed E-state index contributed by atoms with van der Waals surface area (Å²) in [6, 6.07) is 3.42. The van der Waals surface area contributed by atoms with E-state index in [2.05, 4.69) is 16.6 Å². The van der Waals surface area contributed by atoms with Crippen LogP contribution in [-0.4, -0.2) is 12.2 Å². The number of carbonyl (C=O) groups is 1. The zero-order chi connectivity index (χ0) is 11.4. The van der Waals surface area contributed by atoms with Crippen molar-refractivity contribution in [3.05, 3.63) is 34.4 Å². The van der Waals surface area contributed by atoms with Gasteiger partial charge in [-0.3, -0.25) is 0 Å². The molecule has 1 aromatic carbocycles. The van der Waals surface area contributed by atoms with Crippen molar-refractivity contribution in [1.82, 2.24) is 5.43 Å². The molecule has 0 bridgehead atoms. The van der Waals surface area contributed by atoms with Crippen molar-refractivity contribution in [3.63, 3.8) is 0 Å². The van der Waals surface area contributed by atoms with E-state index in [1.807, 2.05) is 26.8 Å². The number of urea groups is 1. The summed E-state index contributed by atoms with van der Waals surface area (Å²) in [6.45, 7) is 6.06. The van der Waals surface area contributed by atoms with E-state index < -0.39 is 6.03 Å². The number of rotatable bonds is 2. The molecule has 0 aliphatic carbocycles. The molecule has 0 atom stereocenters. The van der Waals surface area contributed by atoms with E-state index in [4.69, 9.17) is 5.73 Å². The van der Waals surface area contributed by atoms with Gasteiger partial charge in [-0.05, 0) is 37.5 Å². The molecule has 0 heterocycles. The Kier molecular flexibility index (Phi) is 3.44. The SMILES string of the molecule is Cc1ccc(C)c(C=NNC(N)=O)c1C. The second-order valence-corrected chi connectivity index (χ2v) is 3.47. The highest BCUT2D eigenvalue weighted by atomic mass is 16.2. The van der Waals surface area contributed by atoms with E-state index in [-0.39, 0.29) is 0 Å². The predicted octanol–water partition coefficient (Wildman–Crippen LogP) is 1.61. The number of hydrazone groups is 1. The summed E-state index contributed by atoms with van der Waals surface area (Å²) < 4.78 is 0. The van der Waals surface area contributed by atoms with Gasteiger partial charge in [0.2, 0.25) is 0 Å². The van der Waals surface area contributed by atoms with Gasteiger partial charge in [-0.2, -0.15) is 5.10 Å². The third kappa shape index (κ3) is 2.80. The van der Waals surface area contributed by atoms with Crippen LogP contribution in [0.5, 0.6) is 0 Å². The fourth-order valence-electron chi connectivity index (χ4n) is 1.33. The summed E-state index contributed by atoms with van der Waals surface area (Å²) in [7, 11) is 0. The maximum absolute atomic E-state index is 10.4. The summed E-state index contributed by atoms with van der Waals surface area (Å²) >= 11 is 0. The Labute approximate surface area is 89.2 Å². The number of carbonyl (C=O) groups excluding carboxylic acids is 1. The monoisotopic (exact) mass is 205 g/mol. The highest BCUT2D eigenvalue weighted by Gasteiger charge is 2.02. The lowest BCUT2D eigenvalue weighted by atomic mass is 9.99. The van der Waals surface area contributed by atoms with Crippen molar-refractivity contribution in [1.29, 1.82) is 0 Å². The predicted molar refractivity (Wildman–Crippen MR) is 61.0 cm³/mol. The Morgan fingerprint density at radius 1 is 1.33 bits per heavy atom. The molecular weight excluding hydrogens is 190 g/mol. The van der Waals surface area contributed by atoms with Crippen LogP contribution in [0, 0.1) is 20.8 Å². The van der Waals surface area contributed by atoms with Crippen LogP contribution in [0.1, 0.15) is 22.3 Å². The molecular formula is C11H15N3O. The van der Waals surface area contributed by atoms with Crippen molar-refractivity contribution in [3.8, 4) is 0 Å². The number of hydrogen-bond donors (Lipinski definition) is 2. The second kappa shape index (κ2) is 4.59. The van der Waals surface area contributed by atoms with Crippen LogP contribution in [0.15, 0.2) is 17.2 Å². The zero-order valence-corrected chi connectivity index (χ0v) is 9.16.